The number of nitrogens with zero attached hydrogens (tertiary/aromatic N) is 1. The smallest absolute Gasteiger partial charge is 0.416 e. The monoisotopic (exact) mass is 608 g/mol. The number of aromatic nitrogens is 1. The average molecular weight is 609 g/mol. The Hall–Kier alpha value is -3.94. The molecule has 4 aromatic rings. The van der Waals surface area contributed by atoms with Gasteiger partial charge in [0, 0.05) is 17.4 Å². The van der Waals surface area contributed by atoms with Crippen molar-refractivity contribution in [2.24, 2.45) is 0 Å². The van der Waals surface area contributed by atoms with Crippen LogP contribution in [0.5, 0.6) is 23.0 Å². The molecule has 44 heavy (non-hydrogen) atoms. The van der Waals surface area contributed by atoms with Crippen molar-refractivity contribution in [2.75, 3.05) is 19.8 Å². The van der Waals surface area contributed by atoms with Gasteiger partial charge in [-0.1, -0.05) is 39.8 Å². The molecule has 8 heteroatoms. The van der Waals surface area contributed by atoms with Gasteiger partial charge in [0.1, 0.15) is 6.61 Å². The van der Waals surface area contributed by atoms with Crippen LogP contribution in [0.3, 0.4) is 0 Å². The lowest BCUT2D eigenvalue weighted by molar-refractivity contribution is -0.686. The molecule has 0 radical (unpaired) electrons. The van der Waals surface area contributed by atoms with Crippen molar-refractivity contribution in [3.8, 4) is 34.3 Å². The summed E-state index contributed by atoms with van der Waals surface area (Å²) >= 11 is 0. The summed E-state index contributed by atoms with van der Waals surface area (Å²) < 4.78 is 66.3. The molecule has 234 valence electrons. The number of pyridine rings is 1. The average Bonchev–Trinajstić information content (AvgIpc) is 3.02. The van der Waals surface area contributed by atoms with Crippen molar-refractivity contribution in [3.63, 3.8) is 0 Å². The van der Waals surface area contributed by atoms with Gasteiger partial charge in [-0.15, -0.1) is 0 Å². The third kappa shape index (κ3) is 6.59. The SMILES string of the molecule is CCCOc1cc2c(cc1OCCC)-c1c(CC)c3ccc(OCCC)c(OCc4ccc(C(F)(F)F)cc4)c3c[n+]1CC2. The molecule has 0 atom stereocenters. The lowest BCUT2D eigenvalue weighted by Gasteiger charge is -2.23. The van der Waals surface area contributed by atoms with Gasteiger partial charge < -0.3 is 18.9 Å². The highest BCUT2D eigenvalue weighted by Crippen LogP contribution is 2.43. The van der Waals surface area contributed by atoms with E-state index in [0.717, 1.165) is 84.3 Å². The fourth-order valence-corrected chi connectivity index (χ4v) is 5.68. The van der Waals surface area contributed by atoms with Crippen LogP contribution in [0.4, 0.5) is 13.2 Å². The summed E-state index contributed by atoms with van der Waals surface area (Å²) in [6.45, 7) is 11.0. The highest BCUT2D eigenvalue weighted by molar-refractivity contribution is 5.95. The second-order valence-electron chi connectivity index (χ2n) is 11.1. The van der Waals surface area contributed by atoms with Crippen LogP contribution in [0, 0.1) is 0 Å². The van der Waals surface area contributed by atoms with Crippen LogP contribution in [0.2, 0.25) is 0 Å². The summed E-state index contributed by atoms with van der Waals surface area (Å²) in [6, 6.07) is 13.4. The molecule has 0 saturated heterocycles. The number of halogens is 3. The van der Waals surface area contributed by atoms with E-state index in [-0.39, 0.29) is 6.61 Å². The molecule has 1 aromatic heterocycles. The largest absolute Gasteiger partial charge is 0.490 e. The van der Waals surface area contributed by atoms with Gasteiger partial charge in [-0.3, -0.25) is 0 Å². The van der Waals surface area contributed by atoms with Gasteiger partial charge in [0.25, 0.3) is 0 Å². The van der Waals surface area contributed by atoms with Crippen LogP contribution in [0.25, 0.3) is 22.0 Å². The number of alkyl halides is 3. The van der Waals surface area contributed by atoms with Crippen LogP contribution < -0.4 is 23.5 Å². The third-order valence-corrected chi connectivity index (χ3v) is 7.79. The summed E-state index contributed by atoms with van der Waals surface area (Å²) in [6.07, 6.45) is 2.03. The Morgan fingerprint density at radius 1 is 0.727 bits per heavy atom. The van der Waals surface area contributed by atoms with Crippen molar-refractivity contribution in [1.82, 2.24) is 0 Å². The highest BCUT2D eigenvalue weighted by Gasteiger charge is 2.32. The molecule has 0 fully saturated rings. The Morgan fingerprint density at radius 2 is 1.36 bits per heavy atom. The summed E-state index contributed by atoms with van der Waals surface area (Å²) in [7, 11) is 0. The van der Waals surface area contributed by atoms with Crippen molar-refractivity contribution in [2.45, 2.75) is 79.1 Å². The maximum absolute atomic E-state index is 13.1. The first kappa shape index (κ1) is 31.5. The number of benzene rings is 3. The first-order valence-electron chi connectivity index (χ1n) is 15.7. The Bertz CT molecular complexity index is 1600. The summed E-state index contributed by atoms with van der Waals surface area (Å²) in [4.78, 5) is 0. The molecular formula is C36H41F3NO4+. The van der Waals surface area contributed by atoms with E-state index in [1.807, 2.05) is 13.0 Å². The summed E-state index contributed by atoms with van der Waals surface area (Å²) in [5, 5.41) is 1.97. The van der Waals surface area contributed by atoms with Crippen molar-refractivity contribution >= 4 is 10.8 Å². The second-order valence-corrected chi connectivity index (χ2v) is 11.1. The van der Waals surface area contributed by atoms with E-state index in [0.29, 0.717) is 36.9 Å². The number of hydrogen-bond donors (Lipinski definition) is 0. The van der Waals surface area contributed by atoms with Gasteiger partial charge in [-0.05, 0) is 73.2 Å². The van der Waals surface area contributed by atoms with Gasteiger partial charge in [-0.2, -0.15) is 17.7 Å². The van der Waals surface area contributed by atoms with Crippen LogP contribution in [0.1, 0.15) is 69.2 Å². The first-order chi connectivity index (χ1) is 21.3. The molecule has 5 rings (SSSR count). The standard InChI is InChI=1S/C36H41F3NO4/c1-5-17-41-31-14-13-28-27(8-4)34-29-21-33(43-19-7-3)32(42-18-6-2)20-25(29)15-16-40(34)22-30(28)35(31)44-23-24-9-11-26(12-10-24)36(37,38)39/h9-14,20-22H,5-8,15-19,23H2,1-4H3/q+1. The summed E-state index contributed by atoms with van der Waals surface area (Å²) in [5.41, 5.74) is 4.68. The minimum atomic E-state index is -4.38. The van der Waals surface area contributed by atoms with E-state index < -0.39 is 11.7 Å². The predicted octanol–water partition coefficient (Wildman–Crippen LogP) is 8.88. The van der Waals surface area contributed by atoms with E-state index in [9.17, 15) is 13.2 Å². The van der Waals surface area contributed by atoms with E-state index in [1.165, 1.54) is 23.3 Å². The third-order valence-electron chi connectivity index (χ3n) is 7.79. The molecule has 0 aliphatic carbocycles. The van der Waals surface area contributed by atoms with E-state index in [1.54, 1.807) is 0 Å². The van der Waals surface area contributed by atoms with Crippen LogP contribution in [-0.4, -0.2) is 19.8 Å². The zero-order chi connectivity index (χ0) is 31.3. The van der Waals surface area contributed by atoms with Gasteiger partial charge in [-0.25, -0.2) is 0 Å². The Balaban J connectivity index is 1.60. The number of fused-ring (bicyclic) bond motifs is 4. The first-order valence-corrected chi connectivity index (χ1v) is 15.7. The Morgan fingerprint density at radius 3 is 1.98 bits per heavy atom. The maximum atomic E-state index is 13.1. The maximum Gasteiger partial charge on any atom is 0.416 e. The molecule has 0 unspecified atom stereocenters. The molecule has 0 saturated carbocycles. The molecule has 1 aliphatic heterocycles. The fraction of sp³-hybridized carbons (Fsp3) is 0.417. The topological polar surface area (TPSA) is 40.8 Å². The second kappa shape index (κ2) is 13.8. The quantitative estimate of drug-likeness (QED) is 0.142. The number of aryl methyl sites for hydroxylation is 3. The van der Waals surface area contributed by atoms with Crippen molar-refractivity contribution < 1.29 is 36.7 Å². The van der Waals surface area contributed by atoms with Crippen LogP contribution in [-0.2, 0) is 32.2 Å². The molecule has 0 amide bonds. The van der Waals surface area contributed by atoms with Crippen molar-refractivity contribution in [1.29, 1.82) is 0 Å². The minimum Gasteiger partial charge on any atom is -0.490 e. The lowest BCUT2D eigenvalue weighted by Crippen LogP contribution is -2.41. The fourth-order valence-electron chi connectivity index (χ4n) is 5.68. The zero-order valence-electron chi connectivity index (χ0n) is 26.0. The van der Waals surface area contributed by atoms with Crippen LogP contribution in [0.15, 0.2) is 54.7 Å². The molecule has 0 spiro atoms. The van der Waals surface area contributed by atoms with Crippen molar-refractivity contribution in [3.05, 3.63) is 77.0 Å². The molecule has 2 heterocycles. The van der Waals surface area contributed by atoms with E-state index in [2.05, 4.69) is 49.7 Å². The Labute approximate surface area is 257 Å². The normalized spacial score (nSPS) is 12.5. The molecule has 1 aliphatic rings. The van der Waals surface area contributed by atoms with E-state index in [4.69, 9.17) is 18.9 Å². The Kier molecular flexibility index (Phi) is 9.87. The highest BCUT2D eigenvalue weighted by atomic mass is 19.4. The van der Waals surface area contributed by atoms with Gasteiger partial charge in [0.05, 0.1) is 36.3 Å². The van der Waals surface area contributed by atoms with E-state index >= 15 is 0 Å². The molecule has 0 bridgehead atoms. The molecule has 0 N–H and O–H groups in total. The van der Waals surface area contributed by atoms with Gasteiger partial charge in [0.15, 0.2) is 35.7 Å². The van der Waals surface area contributed by atoms with Gasteiger partial charge in [0.2, 0.25) is 5.69 Å². The van der Waals surface area contributed by atoms with Gasteiger partial charge >= 0.3 is 6.18 Å². The molecular weight excluding hydrogens is 567 g/mol. The number of hydrogen-bond acceptors (Lipinski definition) is 4. The number of rotatable bonds is 13. The number of ether oxygens (including phenoxy) is 4. The predicted molar refractivity (Wildman–Crippen MR) is 166 cm³/mol. The zero-order valence-corrected chi connectivity index (χ0v) is 26.0. The molecule has 3 aromatic carbocycles. The molecule has 5 nitrogen and oxygen atoms in total. The summed E-state index contributed by atoms with van der Waals surface area (Å²) in [5.74, 6) is 2.78. The minimum absolute atomic E-state index is 0.116. The van der Waals surface area contributed by atoms with Crippen LogP contribution >= 0.6 is 0 Å². The lowest BCUT2D eigenvalue weighted by atomic mass is 9.90.